The minimum atomic E-state index is -0.00345. The number of nitrogens with zero attached hydrogens (tertiary/aromatic N) is 1. The molecule has 6 heteroatoms. The molecule has 13 rings (SSSR count). The van der Waals surface area contributed by atoms with E-state index >= 15 is 0 Å². The molecule has 4 aromatic heterocycles. The molecular formula is C56H42BN2O3. The number of para-hydroxylation sites is 2. The first-order valence-corrected chi connectivity index (χ1v) is 21.6. The topological polar surface area (TPSA) is 56.4 Å². The molecule has 1 aliphatic heterocycles. The van der Waals surface area contributed by atoms with Crippen molar-refractivity contribution >= 4 is 117 Å². The largest absolute Gasteiger partial charge is 0.456 e. The summed E-state index contributed by atoms with van der Waals surface area (Å²) in [7, 11) is 2.37. The molecule has 0 atom stereocenters. The van der Waals surface area contributed by atoms with Crippen LogP contribution in [0.1, 0.15) is 52.7 Å². The van der Waals surface area contributed by atoms with E-state index in [0.717, 1.165) is 116 Å². The van der Waals surface area contributed by atoms with Crippen LogP contribution in [0, 0.1) is 0 Å². The number of hydrogen-bond acceptors (Lipinski definition) is 4. The third-order valence-corrected chi connectivity index (χ3v) is 13.3. The van der Waals surface area contributed by atoms with Crippen LogP contribution in [0.25, 0.3) is 104 Å². The highest BCUT2D eigenvalue weighted by Crippen LogP contribution is 2.44. The van der Waals surface area contributed by atoms with E-state index in [4.69, 9.17) is 13.3 Å². The molecule has 0 unspecified atom stereocenters. The first-order chi connectivity index (χ1) is 29.9. The molecule has 0 saturated heterocycles. The fourth-order valence-corrected chi connectivity index (χ4v) is 10.0. The molecule has 0 spiro atoms. The number of furan rings is 3. The van der Waals surface area contributed by atoms with Crippen LogP contribution < -0.4 is 16.2 Å². The first-order valence-electron chi connectivity index (χ1n) is 21.6. The second-order valence-electron chi connectivity index (χ2n) is 19.3. The Balaban J connectivity index is 1.11. The van der Waals surface area contributed by atoms with Gasteiger partial charge in [0.05, 0.1) is 11.2 Å². The van der Waals surface area contributed by atoms with Crippen molar-refractivity contribution in [3.05, 3.63) is 151 Å². The van der Waals surface area contributed by atoms with Crippen LogP contribution in [-0.4, -0.2) is 11.8 Å². The summed E-state index contributed by atoms with van der Waals surface area (Å²) in [6.45, 7) is 13.5. The maximum Gasteiger partial charge on any atom is 0.198 e. The van der Waals surface area contributed by atoms with Gasteiger partial charge < -0.3 is 23.1 Å². The van der Waals surface area contributed by atoms with Crippen LogP contribution in [0.4, 0.5) is 11.4 Å². The molecule has 5 heterocycles. The predicted molar refractivity (Wildman–Crippen MR) is 260 cm³/mol. The van der Waals surface area contributed by atoms with E-state index in [1.807, 2.05) is 12.1 Å². The van der Waals surface area contributed by atoms with Crippen molar-refractivity contribution in [2.24, 2.45) is 0 Å². The Morgan fingerprint density at radius 2 is 1.03 bits per heavy atom. The SMILES string of the molecule is CC(C)(C)c1ccc(Nc2cc3oc4cc(C(C)(C)C)ccc4c3cc2-c2ccc3c4cc5oc6ccccc6c5cc4n4c3c2[B]c2cc3oc5ccccc5c3cc2-4)cc1. The number of nitrogens with one attached hydrogen (secondary N) is 1. The van der Waals surface area contributed by atoms with Crippen molar-refractivity contribution in [3.8, 4) is 16.8 Å². The van der Waals surface area contributed by atoms with Gasteiger partial charge in [-0.3, -0.25) is 0 Å². The minimum Gasteiger partial charge on any atom is -0.456 e. The molecule has 0 saturated carbocycles. The van der Waals surface area contributed by atoms with Gasteiger partial charge in [0.2, 0.25) is 0 Å². The van der Waals surface area contributed by atoms with Gasteiger partial charge in [0.1, 0.15) is 33.5 Å². The lowest BCUT2D eigenvalue weighted by Crippen LogP contribution is -2.37. The zero-order chi connectivity index (χ0) is 41.8. The van der Waals surface area contributed by atoms with Crippen molar-refractivity contribution in [3.63, 3.8) is 0 Å². The Hall–Kier alpha value is -7.18. The van der Waals surface area contributed by atoms with Crippen molar-refractivity contribution in [2.75, 3.05) is 5.32 Å². The quantitative estimate of drug-likeness (QED) is 0.181. The van der Waals surface area contributed by atoms with Gasteiger partial charge in [-0.2, -0.15) is 0 Å². The Bertz CT molecular complexity index is 3880. The molecule has 1 N–H and O–H groups in total. The van der Waals surface area contributed by atoms with Crippen LogP contribution >= 0.6 is 0 Å². The van der Waals surface area contributed by atoms with Gasteiger partial charge in [-0.1, -0.05) is 120 Å². The van der Waals surface area contributed by atoms with Gasteiger partial charge in [0.25, 0.3) is 0 Å². The molecule has 1 radical (unpaired) electrons. The summed E-state index contributed by atoms with van der Waals surface area (Å²) in [5.74, 6) is 0. The van der Waals surface area contributed by atoms with Gasteiger partial charge in [-0.15, -0.1) is 0 Å². The Morgan fingerprint density at radius 3 is 1.76 bits per heavy atom. The summed E-state index contributed by atoms with van der Waals surface area (Å²) < 4.78 is 22.2. The highest BCUT2D eigenvalue weighted by molar-refractivity contribution is 6.73. The maximum atomic E-state index is 6.72. The summed E-state index contributed by atoms with van der Waals surface area (Å²) in [6.07, 6.45) is 0. The molecule has 0 aliphatic carbocycles. The van der Waals surface area contributed by atoms with E-state index in [-0.39, 0.29) is 10.8 Å². The molecule has 0 bridgehead atoms. The lowest BCUT2D eigenvalue weighted by Gasteiger charge is -2.24. The Labute approximate surface area is 358 Å². The molecule has 0 fully saturated rings. The van der Waals surface area contributed by atoms with E-state index in [2.05, 4.69) is 186 Å². The zero-order valence-electron chi connectivity index (χ0n) is 35.5. The minimum absolute atomic E-state index is 0.00345. The maximum absolute atomic E-state index is 6.72. The highest BCUT2D eigenvalue weighted by Gasteiger charge is 2.29. The van der Waals surface area contributed by atoms with Gasteiger partial charge in [0, 0.05) is 71.6 Å². The summed E-state index contributed by atoms with van der Waals surface area (Å²) in [5, 5.41) is 12.8. The average molecular weight is 802 g/mol. The van der Waals surface area contributed by atoms with E-state index in [9.17, 15) is 0 Å². The lowest BCUT2D eigenvalue weighted by molar-refractivity contribution is 0.587. The van der Waals surface area contributed by atoms with E-state index in [1.54, 1.807) is 0 Å². The van der Waals surface area contributed by atoms with E-state index < -0.39 is 0 Å². The second-order valence-corrected chi connectivity index (χ2v) is 19.3. The van der Waals surface area contributed by atoms with Crippen molar-refractivity contribution in [1.29, 1.82) is 0 Å². The zero-order valence-corrected chi connectivity index (χ0v) is 35.5. The molecular weight excluding hydrogens is 759 g/mol. The summed E-state index contributed by atoms with van der Waals surface area (Å²) in [5.41, 5.74) is 17.8. The standard InChI is InChI=1S/C56H42BN2O3/c1-55(2,3)30-15-18-32(19-16-30)58-44-29-52-40(35-20-17-31(56(4,5)6)23-49(35)62-52)24-38(44)36-21-22-37-39-27-50-41(33-11-7-9-13-47(33)60-50)25-45(39)59-46-26-42-34-12-8-10-14-48(34)61-51(42)28-43(46)57-53(36)54(37)59/h7-29,58H,1-6H3. The van der Waals surface area contributed by atoms with Gasteiger partial charge in [-0.05, 0) is 93.6 Å². The van der Waals surface area contributed by atoms with Crippen LogP contribution in [0.15, 0.2) is 153 Å². The van der Waals surface area contributed by atoms with Gasteiger partial charge in [-0.25, -0.2) is 0 Å². The molecule has 0 amide bonds. The Morgan fingerprint density at radius 1 is 0.452 bits per heavy atom. The van der Waals surface area contributed by atoms with Gasteiger partial charge in [0.15, 0.2) is 7.28 Å². The third-order valence-electron chi connectivity index (χ3n) is 13.3. The molecule has 12 aromatic rings. The Kier molecular flexibility index (Phi) is 7.02. The smallest absolute Gasteiger partial charge is 0.198 e. The third kappa shape index (κ3) is 5.10. The highest BCUT2D eigenvalue weighted by atomic mass is 16.3. The normalized spacial score (nSPS) is 13.1. The summed E-state index contributed by atoms with van der Waals surface area (Å²) >= 11 is 0. The number of fused-ring (bicyclic) bond motifs is 14. The predicted octanol–water partition coefficient (Wildman–Crippen LogP) is 14.5. The molecule has 8 aromatic carbocycles. The molecule has 1 aliphatic rings. The van der Waals surface area contributed by atoms with Crippen LogP contribution in [0.2, 0.25) is 0 Å². The van der Waals surface area contributed by atoms with Crippen molar-refractivity contribution < 1.29 is 13.3 Å². The fraction of sp³-hybridized carbons (Fsp3) is 0.143. The number of aromatic nitrogens is 1. The summed E-state index contributed by atoms with van der Waals surface area (Å²) in [4.78, 5) is 0. The van der Waals surface area contributed by atoms with E-state index in [0.29, 0.717) is 0 Å². The monoisotopic (exact) mass is 801 g/mol. The molecule has 5 nitrogen and oxygen atoms in total. The van der Waals surface area contributed by atoms with Crippen LogP contribution in [0.3, 0.4) is 0 Å². The molecule has 62 heavy (non-hydrogen) atoms. The number of hydrogen-bond donors (Lipinski definition) is 1. The van der Waals surface area contributed by atoms with Crippen LogP contribution in [0.5, 0.6) is 0 Å². The number of anilines is 2. The van der Waals surface area contributed by atoms with Crippen molar-refractivity contribution in [1.82, 2.24) is 4.57 Å². The fourth-order valence-electron chi connectivity index (χ4n) is 10.0. The first kappa shape index (κ1) is 35.6. The van der Waals surface area contributed by atoms with Crippen molar-refractivity contribution in [2.45, 2.75) is 52.4 Å². The van der Waals surface area contributed by atoms with Gasteiger partial charge >= 0.3 is 0 Å². The summed E-state index contributed by atoms with van der Waals surface area (Å²) in [6, 6.07) is 50.5. The average Bonchev–Trinajstić information content (AvgIpc) is 4.00. The second kappa shape index (κ2) is 12.2. The van der Waals surface area contributed by atoms with Crippen LogP contribution in [-0.2, 0) is 10.8 Å². The molecule has 297 valence electrons. The lowest BCUT2D eigenvalue weighted by atomic mass is 9.59. The number of rotatable bonds is 3. The van der Waals surface area contributed by atoms with E-state index in [1.165, 1.54) is 22.0 Å². The number of benzene rings is 8.